The number of nitrogens with zero attached hydrogens (tertiary/aromatic N) is 1. The Morgan fingerprint density at radius 1 is 1.78 bits per heavy atom. The number of anilines is 1. The lowest BCUT2D eigenvalue weighted by Crippen LogP contribution is -2.13. The highest BCUT2D eigenvalue weighted by Crippen LogP contribution is 2.07. The number of nitrogens with one attached hydrogen (secondary N) is 1. The van der Waals surface area contributed by atoms with Crippen molar-refractivity contribution in [1.29, 1.82) is 0 Å². The van der Waals surface area contributed by atoms with Gasteiger partial charge in [0.15, 0.2) is 0 Å². The predicted octanol–water partition coefficient (Wildman–Crippen LogP) is 1.80. The van der Waals surface area contributed by atoms with Crippen molar-refractivity contribution in [3.8, 4) is 0 Å². The average Bonchev–Trinajstić information content (AvgIpc) is 2.37. The molecule has 0 saturated heterocycles. The summed E-state index contributed by atoms with van der Waals surface area (Å²) in [4.78, 5) is 5.15. The highest BCUT2D eigenvalue weighted by atomic mass is 79.9. The fourth-order valence-electron chi connectivity index (χ4n) is 0.623. The lowest BCUT2D eigenvalue weighted by atomic mass is 10.6. The maximum Gasteiger partial charge on any atom is 0.106 e. The molecule has 3 heteroatoms. The fraction of sp³-hybridized carbons (Fsp3) is 0.333. The molecular formula is C6H9BrN2. The van der Waals surface area contributed by atoms with Gasteiger partial charge in [0.2, 0.25) is 0 Å². The SMILES string of the molecule is CN(CBr)c1ccc[nH]1. The number of halogens is 1. The lowest BCUT2D eigenvalue weighted by molar-refractivity contribution is 1.07. The van der Waals surface area contributed by atoms with Crippen molar-refractivity contribution >= 4 is 21.7 Å². The molecule has 0 radical (unpaired) electrons. The third-order valence-electron chi connectivity index (χ3n) is 1.17. The Kier molecular flexibility index (Phi) is 2.16. The van der Waals surface area contributed by atoms with Crippen LogP contribution in [0.25, 0.3) is 0 Å². The summed E-state index contributed by atoms with van der Waals surface area (Å²) in [7, 11) is 2.01. The van der Waals surface area contributed by atoms with Gasteiger partial charge in [0.05, 0.1) is 5.45 Å². The van der Waals surface area contributed by atoms with E-state index in [-0.39, 0.29) is 0 Å². The van der Waals surface area contributed by atoms with Gasteiger partial charge in [-0.1, -0.05) is 15.9 Å². The van der Waals surface area contributed by atoms with E-state index in [0.717, 1.165) is 11.3 Å². The molecule has 0 fully saturated rings. The van der Waals surface area contributed by atoms with Crippen LogP contribution >= 0.6 is 15.9 Å². The van der Waals surface area contributed by atoms with Crippen LogP contribution in [-0.2, 0) is 0 Å². The molecule has 0 aliphatic carbocycles. The molecule has 0 amide bonds. The average molecular weight is 189 g/mol. The van der Waals surface area contributed by atoms with Crippen LogP contribution in [0.4, 0.5) is 5.82 Å². The Morgan fingerprint density at radius 3 is 3.00 bits per heavy atom. The third-order valence-corrected chi connectivity index (χ3v) is 1.92. The number of aromatic nitrogens is 1. The lowest BCUT2D eigenvalue weighted by Gasteiger charge is -2.11. The zero-order valence-electron chi connectivity index (χ0n) is 5.26. The highest BCUT2D eigenvalue weighted by Gasteiger charge is 1.94. The first-order valence-corrected chi connectivity index (χ1v) is 3.87. The standard InChI is InChI=1S/C6H9BrN2/c1-9(5-7)6-3-2-4-8-6/h2-4,8H,5H2,1H3. The summed E-state index contributed by atoms with van der Waals surface area (Å²) in [6.07, 6.45) is 1.91. The van der Waals surface area contributed by atoms with Gasteiger partial charge in [-0.3, -0.25) is 0 Å². The number of H-pyrrole nitrogens is 1. The topological polar surface area (TPSA) is 19.0 Å². The van der Waals surface area contributed by atoms with Gasteiger partial charge in [-0.25, -0.2) is 0 Å². The van der Waals surface area contributed by atoms with Gasteiger partial charge in [-0.15, -0.1) is 0 Å². The van der Waals surface area contributed by atoms with Crippen LogP contribution in [0.5, 0.6) is 0 Å². The van der Waals surface area contributed by atoms with E-state index in [1.165, 1.54) is 0 Å². The Morgan fingerprint density at radius 2 is 2.56 bits per heavy atom. The van der Waals surface area contributed by atoms with Crippen molar-refractivity contribution in [2.24, 2.45) is 0 Å². The molecule has 1 rings (SSSR count). The molecule has 1 aromatic rings. The van der Waals surface area contributed by atoms with Gasteiger partial charge in [0.1, 0.15) is 5.82 Å². The van der Waals surface area contributed by atoms with Crippen molar-refractivity contribution in [3.05, 3.63) is 18.3 Å². The number of hydrogen-bond acceptors (Lipinski definition) is 1. The molecule has 0 aliphatic rings. The van der Waals surface area contributed by atoms with E-state index in [0.29, 0.717) is 0 Å². The number of alkyl halides is 1. The Bertz CT molecular complexity index is 160. The maximum atomic E-state index is 3.34. The summed E-state index contributed by atoms with van der Waals surface area (Å²) < 4.78 is 0. The van der Waals surface area contributed by atoms with Crippen molar-refractivity contribution in [2.75, 3.05) is 17.4 Å². The largest absolute Gasteiger partial charge is 0.351 e. The Hall–Kier alpha value is -0.440. The van der Waals surface area contributed by atoms with E-state index in [4.69, 9.17) is 0 Å². The zero-order valence-corrected chi connectivity index (χ0v) is 6.85. The molecule has 9 heavy (non-hydrogen) atoms. The molecular weight excluding hydrogens is 180 g/mol. The van der Waals surface area contributed by atoms with E-state index in [1.54, 1.807) is 0 Å². The molecule has 2 nitrogen and oxygen atoms in total. The van der Waals surface area contributed by atoms with Crippen LogP contribution in [0.1, 0.15) is 0 Å². The number of hydrogen-bond donors (Lipinski definition) is 1. The summed E-state index contributed by atoms with van der Waals surface area (Å²) in [5.41, 5.74) is 0.855. The summed E-state index contributed by atoms with van der Waals surface area (Å²) >= 11 is 3.34. The smallest absolute Gasteiger partial charge is 0.106 e. The summed E-state index contributed by atoms with van der Waals surface area (Å²) in [5.74, 6) is 1.13. The fourth-order valence-corrected chi connectivity index (χ4v) is 0.893. The van der Waals surface area contributed by atoms with Crippen molar-refractivity contribution in [2.45, 2.75) is 0 Å². The second kappa shape index (κ2) is 2.92. The minimum atomic E-state index is 0.855. The molecule has 0 bridgehead atoms. The second-order valence-corrected chi connectivity index (χ2v) is 2.37. The van der Waals surface area contributed by atoms with E-state index in [9.17, 15) is 0 Å². The first-order chi connectivity index (χ1) is 4.34. The second-order valence-electron chi connectivity index (χ2n) is 1.87. The Balaban J connectivity index is 2.65. The maximum absolute atomic E-state index is 3.34. The molecule has 50 valence electrons. The van der Waals surface area contributed by atoms with Crippen LogP contribution < -0.4 is 4.90 Å². The van der Waals surface area contributed by atoms with Gasteiger partial charge < -0.3 is 9.88 Å². The van der Waals surface area contributed by atoms with Crippen molar-refractivity contribution in [3.63, 3.8) is 0 Å². The summed E-state index contributed by atoms with van der Waals surface area (Å²) in [6, 6.07) is 4.01. The minimum absolute atomic E-state index is 0.855. The van der Waals surface area contributed by atoms with Crippen LogP contribution in [0.2, 0.25) is 0 Å². The van der Waals surface area contributed by atoms with E-state index in [1.807, 2.05) is 25.4 Å². The normalized spacial score (nSPS) is 9.56. The summed E-state index contributed by atoms with van der Waals surface area (Å²) in [6.45, 7) is 0. The van der Waals surface area contributed by atoms with Crippen LogP contribution in [-0.4, -0.2) is 17.5 Å². The molecule has 0 atom stereocenters. The zero-order chi connectivity index (χ0) is 6.69. The number of aromatic amines is 1. The molecule has 0 spiro atoms. The third kappa shape index (κ3) is 1.48. The van der Waals surface area contributed by atoms with Gasteiger partial charge in [0.25, 0.3) is 0 Å². The highest BCUT2D eigenvalue weighted by molar-refractivity contribution is 9.09. The molecule has 0 saturated carbocycles. The molecule has 0 aromatic carbocycles. The molecule has 1 N–H and O–H groups in total. The van der Waals surface area contributed by atoms with E-state index < -0.39 is 0 Å². The summed E-state index contributed by atoms with van der Waals surface area (Å²) in [5, 5.41) is 0. The molecule has 0 unspecified atom stereocenters. The quantitative estimate of drug-likeness (QED) is 0.555. The van der Waals surface area contributed by atoms with Crippen LogP contribution in [0.3, 0.4) is 0 Å². The Labute approximate surface area is 63.0 Å². The monoisotopic (exact) mass is 188 g/mol. The van der Waals surface area contributed by atoms with E-state index in [2.05, 4.69) is 25.8 Å². The minimum Gasteiger partial charge on any atom is -0.351 e. The number of rotatable bonds is 2. The van der Waals surface area contributed by atoms with Gasteiger partial charge in [0, 0.05) is 13.2 Å². The first-order valence-electron chi connectivity index (χ1n) is 2.75. The van der Waals surface area contributed by atoms with E-state index >= 15 is 0 Å². The molecule has 1 heterocycles. The van der Waals surface area contributed by atoms with Crippen molar-refractivity contribution < 1.29 is 0 Å². The van der Waals surface area contributed by atoms with Crippen LogP contribution in [0.15, 0.2) is 18.3 Å². The van der Waals surface area contributed by atoms with Gasteiger partial charge in [-0.05, 0) is 12.1 Å². The molecule has 1 aromatic heterocycles. The van der Waals surface area contributed by atoms with Crippen LogP contribution in [0, 0.1) is 0 Å². The molecule has 0 aliphatic heterocycles. The first kappa shape index (κ1) is 6.68. The van der Waals surface area contributed by atoms with Crippen molar-refractivity contribution in [1.82, 2.24) is 4.98 Å². The van der Waals surface area contributed by atoms with Gasteiger partial charge in [-0.2, -0.15) is 0 Å². The van der Waals surface area contributed by atoms with Gasteiger partial charge >= 0.3 is 0 Å². The predicted molar refractivity (Wildman–Crippen MR) is 43.0 cm³/mol.